The first kappa shape index (κ1) is 21.1. The van der Waals surface area contributed by atoms with Gasteiger partial charge in [0.25, 0.3) is 0 Å². The zero-order chi connectivity index (χ0) is 21.1. The van der Waals surface area contributed by atoms with E-state index in [1.165, 1.54) is 11.0 Å². The first-order chi connectivity index (χ1) is 13.7. The topological polar surface area (TPSA) is 69.7 Å². The average Bonchev–Trinajstić information content (AvgIpc) is 2.72. The Balaban J connectivity index is 1.60. The van der Waals surface area contributed by atoms with Gasteiger partial charge in [-0.2, -0.15) is 13.2 Å². The van der Waals surface area contributed by atoms with Crippen LogP contribution in [-0.4, -0.2) is 51.9 Å². The molecule has 0 aliphatic carbocycles. The summed E-state index contributed by atoms with van der Waals surface area (Å²) in [5.74, 6) is -0.481. The number of anilines is 1. The number of para-hydroxylation sites is 1. The van der Waals surface area contributed by atoms with Crippen molar-refractivity contribution in [1.82, 2.24) is 9.62 Å². The first-order valence-corrected chi connectivity index (χ1v) is 10.4. The number of carbonyl (C=O) groups excluding carboxylic acids is 1. The normalized spacial score (nSPS) is 15.4. The summed E-state index contributed by atoms with van der Waals surface area (Å²) in [5.41, 5.74) is -0.236. The molecule has 1 aliphatic heterocycles. The van der Waals surface area contributed by atoms with E-state index in [1.54, 1.807) is 0 Å². The van der Waals surface area contributed by atoms with E-state index >= 15 is 0 Å². The van der Waals surface area contributed by atoms with Crippen molar-refractivity contribution < 1.29 is 26.4 Å². The van der Waals surface area contributed by atoms with E-state index in [0.717, 1.165) is 17.8 Å². The summed E-state index contributed by atoms with van der Waals surface area (Å²) in [4.78, 5) is 15.1. The minimum atomic E-state index is -4.82. The molecule has 2 aromatic carbocycles. The van der Waals surface area contributed by atoms with Crippen LogP contribution in [0.5, 0.6) is 0 Å². The van der Waals surface area contributed by atoms with E-state index in [4.69, 9.17) is 0 Å². The molecule has 0 aromatic heterocycles. The summed E-state index contributed by atoms with van der Waals surface area (Å²) in [6.45, 7) is 1.36. The van der Waals surface area contributed by atoms with Gasteiger partial charge in [0, 0.05) is 31.9 Å². The van der Waals surface area contributed by atoms with Gasteiger partial charge in [0.1, 0.15) is 0 Å². The molecule has 0 saturated carbocycles. The van der Waals surface area contributed by atoms with Crippen LogP contribution in [0.15, 0.2) is 59.5 Å². The highest BCUT2D eigenvalue weighted by atomic mass is 32.2. The Kier molecular flexibility index (Phi) is 6.13. The summed E-state index contributed by atoms with van der Waals surface area (Å²) < 4.78 is 65.9. The third-order valence-electron chi connectivity index (χ3n) is 4.65. The Hall–Kier alpha value is -2.59. The van der Waals surface area contributed by atoms with Gasteiger partial charge < -0.3 is 9.80 Å². The SMILES string of the molecule is O=C(CNS(=O)(=O)c1ccccc1C(F)(F)F)N1CCN(c2ccccc2)CC1. The summed E-state index contributed by atoms with van der Waals surface area (Å²) in [6, 6.07) is 13.5. The van der Waals surface area contributed by atoms with Crippen molar-refractivity contribution in [3.63, 3.8) is 0 Å². The van der Waals surface area contributed by atoms with Crippen molar-refractivity contribution in [1.29, 1.82) is 0 Å². The number of piperazine rings is 1. The monoisotopic (exact) mass is 427 g/mol. The van der Waals surface area contributed by atoms with Crippen molar-refractivity contribution >= 4 is 21.6 Å². The molecule has 1 fully saturated rings. The number of benzene rings is 2. The Morgan fingerprint density at radius 2 is 1.52 bits per heavy atom. The van der Waals surface area contributed by atoms with E-state index in [-0.39, 0.29) is 0 Å². The van der Waals surface area contributed by atoms with E-state index < -0.39 is 39.1 Å². The van der Waals surface area contributed by atoms with Gasteiger partial charge in [-0.05, 0) is 24.3 Å². The second-order valence-electron chi connectivity index (χ2n) is 6.52. The highest BCUT2D eigenvalue weighted by Gasteiger charge is 2.37. The van der Waals surface area contributed by atoms with Crippen LogP contribution in [0.25, 0.3) is 0 Å². The van der Waals surface area contributed by atoms with Gasteiger partial charge in [-0.25, -0.2) is 13.1 Å². The van der Waals surface area contributed by atoms with Crippen LogP contribution in [0.1, 0.15) is 5.56 Å². The Bertz CT molecular complexity index is 957. The molecule has 1 aliphatic rings. The van der Waals surface area contributed by atoms with Crippen LogP contribution in [0.3, 0.4) is 0 Å². The van der Waals surface area contributed by atoms with Gasteiger partial charge in [0.2, 0.25) is 15.9 Å². The smallest absolute Gasteiger partial charge is 0.368 e. The molecule has 0 atom stereocenters. The Morgan fingerprint density at radius 1 is 0.931 bits per heavy atom. The summed E-state index contributed by atoms with van der Waals surface area (Å²) in [6.07, 6.45) is -4.82. The van der Waals surface area contributed by atoms with Crippen LogP contribution < -0.4 is 9.62 Å². The van der Waals surface area contributed by atoms with Crippen LogP contribution in [0.2, 0.25) is 0 Å². The summed E-state index contributed by atoms with van der Waals surface area (Å²) in [5, 5.41) is 0. The molecular formula is C19H20F3N3O3S. The molecule has 1 saturated heterocycles. The fraction of sp³-hybridized carbons (Fsp3) is 0.316. The van der Waals surface area contributed by atoms with Crippen LogP contribution in [0.4, 0.5) is 18.9 Å². The maximum absolute atomic E-state index is 13.1. The van der Waals surface area contributed by atoms with E-state index in [9.17, 15) is 26.4 Å². The maximum Gasteiger partial charge on any atom is 0.417 e. The molecule has 0 spiro atoms. The molecule has 0 radical (unpaired) electrons. The molecule has 1 heterocycles. The van der Waals surface area contributed by atoms with E-state index in [1.807, 2.05) is 35.1 Å². The molecule has 1 N–H and O–H groups in total. The quantitative estimate of drug-likeness (QED) is 0.795. The van der Waals surface area contributed by atoms with Crippen LogP contribution in [-0.2, 0) is 21.0 Å². The standard InChI is InChI=1S/C19H20F3N3O3S/c20-19(21,22)16-8-4-5-9-17(16)29(27,28)23-14-18(26)25-12-10-24(11-13-25)15-6-2-1-3-7-15/h1-9,23H,10-14H2. The number of nitrogens with one attached hydrogen (secondary N) is 1. The summed E-state index contributed by atoms with van der Waals surface area (Å²) in [7, 11) is -4.49. The van der Waals surface area contributed by atoms with Crippen molar-refractivity contribution in [2.75, 3.05) is 37.6 Å². The van der Waals surface area contributed by atoms with E-state index in [0.29, 0.717) is 32.2 Å². The Morgan fingerprint density at radius 3 is 2.14 bits per heavy atom. The Labute approximate surface area is 167 Å². The van der Waals surface area contributed by atoms with Crippen LogP contribution >= 0.6 is 0 Å². The molecule has 2 aromatic rings. The lowest BCUT2D eigenvalue weighted by Gasteiger charge is -2.36. The van der Waals surface area contributed by atoms with Gasteiger partial charge in [0.15, 0.2) is 0 Å². The molecular weight excluding hydrogens is 407 g/mol. The largest absolute Gasteiger partial charge is 0.417 e. The molecule has 6 nitrogen and oxygen atoms in total. The number of halogens is 3. The maximum atomic E-state index is 13.1. The molecule has 156 valence electrons. The fourth-order valence-electron chi connectivity index (χ4n) is 3.13. The number of amides is 1. The van der Waals surface area contributed by atoms with Gasteiger partial charge >= 0.3 is 6.18 Å². The van der Waals surface area contributed by atoms with Gasteiger partial charge in [-0.15, -0.1) is 0 Å². The zero-order valence-electron chi connectivity index (χ0n) is 15.4. The molecule has 29 heavy (non-hydrogen) atoms. The number of nitrogens with zero attached hydrogens (tertiary/aromatic N) is 2. The average molecular weight is 427 g/mol. The highest BCUT2D eigenvalue weighted by Crippen LogP contribution is 2.33. The van der Waals surface area contributed by atoms with Gasteiger partial charge in [-0.1, -0.05) is 30.3 Å². The molecule has 3 rings (SSSR count). The minimum Gasteiger partial charge on any atom is -0.368 e. The number of alkyl halides is 3. The second kappa shape index (κ2) is 8.42. The predicted molar refractivity (Wildman–Crippen MR) is 102 cm³/mol. The van der Waals surface area contributed by atoms with Crippen molar-refractivity contribution in [2.45, 2.75) is 11.1 Å². The fourth-order valence-corrected chi connectivity index (χ4v) is 4.33. The van der Waals surface area contributed by atoms with Crippen LogP contribution in [0, 0.1) is 0 Å². The predicted octanol–water partition coefficient (Wildman–Crippen LogP) is 2.33. The van der Waals surface area contributed by atoms with Gasteiger partial charge in [0.05, 0.1) is 17.0 Å². The number of hydrogen-bond donors (Lipinski definition) is 1. The van der Waals surface area contributed by atoms with Crippen molar-refractivity contribution in [2.24, 2.45) is 0 Å². The van der Waals surface area contributed by atoms with E-state index in [2.05, 4.69) is 4.90 Å². The van der Waals surface area contributed by atoms with Gasteiger partial charge in [-0.3, -0.25) is 4.79 Å². The lowest BCUT2D eigenvalue weighted by molar-refractivity contribution is -0.139. The third-order valence-corrected chi connectivity index (χ3v) is 6.11. The lowest BCUT2D eigenvalue weighted by atomic mass is 10.2. The number of rotatable bonds is 5. The summed E-state index contributed by atoms with van der Waals surface area (Å²) >= 11 is 0. The number of carbonyl (C=O) groups is 1. The highest BCUT2D eigenvalue weighted by molar-refractivity contribution is 7.89. The minimum absolute atomic E-state index is 0.397. The number of hydrogen-bond acceptors (Lipinski definition) is 4. The third kappa shape index (κ3) is 5.07. The molecule has 0 unspecified atom stereocenters. The molecule has 0 bridgehead atoms. The second-order valence-corrected chi connectivity index (χ2v) is 8.26. The zero-order valence-corrected chi connectivity index (χ0v) is 16.2. The molecule has 10 heteroatoms. The number of sulfonamides is 1. The van der Waals surface area contributed by atoms with Crippen molar-refractivity contribution in [3.8, 4) is 0 Å². The van der Waals surface area contributed by atoms with Crippen molar-refractivity contribution in [3.05, 3.63) is 60.2 Å². The first-order valence-electron chi connectivity index (χ1n) is 8.92. The molecule has 1 amide bonds. The lowest BCUT2D eigenvalue weighted by Crippen LogP contribution is -2.51.